The van der Waals surface area contributed by atoms with Crippen molar-refractivity contribution in [2.45, 2.75) is 32.7 Å². The van der Waals surface area contributed by atoms with E-state index in [0.29, 0.717) is 0 Å². The number of pyridine rings is 1. The third kappa shape index (κ3) is 5.09. The van der Waals surface area contributed by atoms with Gasteiger partial charge in [-0.15, -0.1) is 0 Å². The van der Waals surface area contributed by atoms with Crippen LogP contribution in [-0.4, -0.2) is 28.4 Å². The zero-order valence-electron chi connectivity index (χ0n) is 18.3. The van der Waals surface area contributed by atoms with Crippen LogP contribution in [0.2, 0.25) is 0 Å². The van der Waals surface area contributed by atoms with Crippen LogP contribution in [0, 0.1) is 0 Å². The third-order valence-electron chi connectivity index (χ3n) is 5.22. The van der Waals surface area contributed by atoms with E-state index >= 15 is 0 Å². The molecule has 2 aromatic carbocycles. The third-order valence-corrected chi connectivity index (χ3v) is 5.22. The second-order valence-electron chi connectivity index (χ2n) is 6.97. The minimum absolute atomic E-state index is 0. The molecule has 1 heterocycles. The molecule has 5 nitrogen and oxygen atoms in total. The average molecular weight is 523 g/mol. The second-order valence-corrected chi connectivity index (χ2v) is 6.97. The molecular formula is C24H30INO4. The van der Waals surface area contributed by atoms with E-state index in [-0.39, 0.29) is 24.0 Å². The number of unbranched alkanes of at least 4 members (excludes halogenated alkanes) is 1. The number of rotatable bonds is 9. The summed E-state index contributed by atoms with van der Waals surface area (Å²) in [5.41, 5.74) is 2.40. The average Bonchev–Trinajstić information content (AvgIpc) is 2.77. The SMILES string of the molecule is CCCC[n+]1ccc2cc(OC)c(OC)cc2c1Cc1ccc(OC)c(OC)c1.[I-]. The van der Waals surface area contributed by atoms with Gasteiger partial charge in [0.25, 0.3) is 0 Å². The van der Waals surface area contributed by atoms with E-state index in [0.717, 1.165) is 65.1 Å². The van der Waals surface area contributed by atoms with Gasteiger partial charge in [-0.1, -0.05) is 19.4 Å². The Bertz CT molecular complexity index is 991. The van der Waals surface area contributed by atoms with Crippen LogP contribution in [0.1, 0.15) is 31.0 Å². The molecule has 162 valence electrons. The van der Waals surface area contributed by atoms with E-state index < -0.39 is 0 Å². The molecule has 0 unspecified atom stereocenters. The highest BCUT2D eigenvalue weighted by Crippen LogP contribution is 2.34. The van der Waals surface area contributed by atoms with Crippen molar-refractivity contribution >= 4 is 10.8 Å². The summed E-state index contributed by atoms with van der Waals surface area (Å²) in [6.07, 6.45) is 5.21. The summed E-state index contributed by atoms with van der Waals surface area (Å²) in [6, 6.07) is 12.3. The van der Waals surface area contributed by atoms with E-state index in [4.69, 9.17) is 18.9 Å². The molecule has 0 radical (unpaired) electrons. The summed E-state index contributed by atoms with van der Waals surface area (Å²) in [5, 5.41) is 2.29. The molecule has 0 spiro atoms. The van der Waals surface area contributed by atoms with Crippen molar-refractivity contribution in [1.82, 2.24) is 0 Å². The Balaban J connectivity index is 0.00000320. The molecule has 0 amide bonds. The van der Waals surface area contributed by atoms with Gasteiger partial charge >= 0.3 is 0 Å². The van der Waals surface area contributed by atoms with Crippen LogP contribution in [0.4, 0.5) is 0 Å². The van der Waals surface area contributed by atoms with Gasteiger partial charge in [-0.2, -0.15) is 0 Å². The van der Waals surface area contributed by atoms with Gasteiger partial charge in [0.05, 0.1) is 40.2 Å². The summed E-state index contributed by atoms with van der Waals surface area (Å²) < 4.78 is 24.3. The van der Waals surface area contributed by atoms with Gasteiger partial charge in [0.15, 0.2) is 34.9 Å². The number of aryl methyl sites for hydroxylation is 1. The van der Waals surface area contributed by atoms with Crippen molar-refractivity contribution in [2.24, 2.45) is 0 Å². The van der Waals surface area contributed by atoms with E-state index in [2.05, 4.69) is 35.9 Å². The first-order valence-electron chi connectivity index (χ1n) is 9.93. The lowest BCUT2D eigenvalue weighted by Crippen LogP contribution is -3.00. The molecule has 3 aromatic rings. The Morgan fingerprint density at radius 3 is 2.03 bits per heavy atom. The molecule has 0 saturated heterocycles. The molecular weight excluding hydrogens is 493 g/mol. The van der Waals surface area contributed by atoms with E-state index in [1.807, 2.05) is 18.2 Å². The van der Waals surface area contributed by atoms with E-state index in [9.17, 15) is 0 Å². The molecule has 6 heteroatoms. The predicted octanol–water partition coefficient (Wildman–Crippen LogP) is 1.56. The van der Waals surface area contributed by atoms with Crippen LogP contribution in [-0.2, 0) is 13.0 Å². The highest BCUT2D eigenvalue weighted by atomic mass is 127. The molecule has 0 saturated carbocycles. The van der Waals surface area contributed by atoms with Crippen molar-refractivity contribution in [3.05, 3.63) is 53.9 Å². The highest BCUT2D eigenvalue weighted by molar-refractivity contribution is 5.87. The summed E-state index contributed by atoms with van der Waals surface area (Å²) in [7, 11) is 6.66. The summed E-state index contributed by atoms with van der Waals surface area (Å²) >= 11 is 0. The molecule has 0 aliphatic heterocycles. The highest BCUT2D eigenvalue weighted by Gasteiger charge is 2.19. The first-order chi connectivity index (χ1) is 14.1. The Morgan fingerprint density at radius 2 is 1.40 bits per heavy atom. The summed E-state index contributed by atoms with van der Waals surface area (Å²) in [6.45, 7) is 3.19. The lowest BCUT2D eigenvalue weighted by atomic mass is 10.0. The Labute approximate surface area is 195 Å². The smallest absolute Gasteiger partial charge is 0.193 e. The topological polar surface area (TPSA) is 40.8 Å². The number of nitrogens with zero attached hydrogens (tertiary/aromatic N) is 1. The Kier molecular flexibility index (Phi) is 9.02. The molecule has 0 bridgehead atoms. The second kappa shape index (κ2) is 11.2. The molecule has 0 fully saturated rings. The lowest BCUT2D eigenvalue weighted by Gasteiger charge is -2.13. The molecule has 0 N–H and O–H groups in total. The minimum atomic E-state index is 0. The van der Waals surface area contributed by atoms with Crippen LogP contribution in [0.5, 0.6) is 23.0 Å². The first kappa shape index (κ1) is 24.1. The lowest BCUT2D eigenvalue weighted by molar-refractivity contribution is -0.702. The number of ether oxygens (including phenoxy) is 4. The van der Waals surface area contributed by atoms with Crippen LogP contribution >= 0.6 is 0 Å². The number of hydrogen-bond acceptors (Lipinski definition) is 4. The molecule has 0 atom stereocenters. The van der Waals surface area contributed by atoms with Gasteiger partial charge in [0.1, 0.15) is 6.54 Å². The van der Waals surface area contributed by atoms with Gasteiger partial charge in [0.2, 0.25) is 0 Å². The monoisotopic (exact) mass is 523 g/mol. The fourth-order valence-electron chi connectivity index (χ4n) is 3.62. The fraction of sp³-hybridized carbons (Fsp3) is 0.375. The van der Waals surface area contributed by atoms with Gasteiger partial charge in [0, 0.05) is 12.5 Å². The Hall–Kier alpha value is -2.22. The summed E-state index contributed by atoms with van der Waals surface area (Å²) in [5.74, 6) is 2.95. The first-order valence-corrected chi connectivity index (χ1v) is 9.93. The standard InChI is InChI=1S/C24H30NO4.HI/c1-6-7-11-25-12-10-18-15-23(28-4)24(29-5)16-19(18)20(25)13-17-8-9-21(26-2)22(14-17)27-3;/h8-10,12,14-16H,6-7,11,13H2,1-5H3;1H/q+1;/p-1. The molecule has 0 aliphatic carbocycles. The number of benzene rings is 2. The molecule has 1 aromatic heterocycles. The zero-order valence-corrected chi connectivity index (χ0v) is 20.5. The van der Waals surface area contributed by atoms with Crippen molar-refractivity contribution in [2.75, 3.05) is 28.4 Å². The van der Waals surface area contributed by atoms with Gasteiger partial charge in [-0.25, -0.2) is 4.57 Å². The van der Waals surface area contributed by atoms with E-state index in [1.165, 1.54) is 5.69 Å². The maximum absolute atomic E-state index is 5.57. The molecule has 30 heavy (non-hydrogen) atoms. The number of methoxy groups -OCH3 is 4. The molecule has 0 aliphatic rings. The maximum Gasteiger partial charge on any atom is 0.193 e. The fourth-order valence-corrected chi connectivity index (χ4v) is 3.62. The van der Waals surface area contributed by atoms with Gasteiger partial charge in [-0.3, -0.25) is 0 Å². The van der Waals surface area contributed by atoms with Crippen LogP contribution in [0.25, 0.3) is 10.8 Å². The zero-order chi connectivity index (χ0) is 20.8. The molecule has 3 rings (SSSR count). The summed E-state index contributed by atoms with van der Waals surface area (Å²) in [4.78, 5) is 0. The minimum Gasteiger partial charge on any atom is -1.00 e. The number of hydrogen-bond donors (Lipinski definition) is 0. The van der Waals surface area contributed by atoms with Gasteiger partial charge < -0.3 is 42.9 Å². The number of fused-ring (bicyclic) bond motifs is 1. The van der Waals surface area contributed by atoms with Crippen molar-refractivity contribution < 1.29 is 47.5 Å². The van der Waals surface area contributed by atoms with Crippen molar-refractivity contribution in [1.29, 1.82) is 0 Å². The number of halogens is 1. The van der Waals surface area contributed by atoms with Crippen LogP contribution in [0.15, 0.2) is 42.6 Å². The predicted molar refractivity (Wildman–Crippen MR) is 115 cm³/mol. The van der Waals surface area contributed by atoms with Crippen molar-refractivity contribution in [3.63, 3.8) is 0 Å². The largest absolute Gasteiger partial charge is 1.00 e. The van der Waals surface area contributed by atoms with E-state index in [1.54, 1.807) is 28.4 Å². The van der Waals surface area contributed by atoms with Gasteiger partial charge in [-0.05, 0) is 35.2 Å². The Morgan fingerprint density at radius 1 is 0.767 bits per heavy atom. The quantitative estimate of drug-likeness (QED) is 0.316. The van der Waals surface area contributed by atoms with Crippen molar-refractivity contribution in [3.8, 4) is 23.0 Å². The van der Waals surface area contributed by atoms with Crippen LogP contribution in [0.3, 0.4) is 0 Å². The normalized spacial score (nSPS) is 10.4. The number of aromatic nitrogens is 1. The maximum atomic E-state index is 5.57. The van der Waals surface area contributed by atoms with Crippen LogP contribution < -0.4 is 47.5 Å².